The first-order valence-corrected chi connectivity index (χ1v) is 15.3. The number of alkyl halides is 3. The number of benzene rings is 1. The molecule has 0 bridgehead atoms. The number of carbonyl (C=O) groups is 3. The molecule has 8 nitrogen and oxygen atoms in total. The number of piperidine rings is 2. The molecule has 0 unspecified atom stereocenters. The molecule has 1 aromatic carbocycles. The zero-order valence-corrected chi connectivity index (χ0v) is 26.3. The van der Waals surface area contributed by atoms with Crippen LogP contribution in [0.1, 0.15) is 102 Å². The van der Waals surface area contributed by atoms with Crippen LogP contribution < -0.4 is 0 Å². The highest BCUT2D eigenvalue weighted by Gasteiger charge is 2.47. The molecule has 3 saturated heterocycles. The van der Waals surface area contributed by atoms with Crippen LogP contribution in [0, 0.1) is 5.92 Å². The summed E-state index contributed by atoms with van der Waals surface area (Å²) in [5.74, 6) is -0.774. The van der Waals surface area contributed by atoms with Gasteiger partial charge in [-0.1, -0.05) is 0 Å². The van der Waals surface area contributed by atoms with Gasteiger partial charge in [0, 0.05) is 37.3 Å². The third kappa shape index (κ3) is 8.22. The van der Waals surface area contributed by atoms with Gasteiger partial charge in [0.15, 0.2) is 0 Å². The average molecular weight is 610 g/mol. The lowest BCUT2D eigenvalue weighted by Gasteiger charge is -2.45. The minimum Gasteiger partial charge on any atom is -0.460 e. The fourth-order valence-corrected chi connectivity index (χ4v) is 6.41. The fraction of sp³-hybridized carbons (Fsp3) is 0.719. The van der Waals surface area contributed by atoms with E-state index in [1.807, 2.05) is 51.3 Å². The average Bonchev–Trinajstić information content (AvgIpc) is 3.29. The van der Waals surface area contributed by atoms with Gasteiger partial charge in [0.05, 0.1) is 11.5 Å². The summed E-state index contributed by atoms with van der Waals surface area (Å²) in [7, 11) is 0. The number of hydrogen-bond acceptors (Lipinski definition) is 6. The molecular formula is C32H46F3N3O5. The SMILES string of the molecule is CC(C)(C)OC(=O)C1CCN(Cc2cc(C(F)(F)F)ccc2C(=O)N2CCCC23CCN(C(=O)OC(C)(C)C)CC3)CC1. The normalized spacial score (nSPS) is 20.4. The Labute approximate surface area is 252 Å². The Morgan fingerprint density at radius 3 is 2.02 bits per heavy atom. The number of carbonyl (C=O) groups excluding carboxylic acids is 3. The van der Waals surface area contributed by atoms with E-state index in [-0.39, 0.29) is 36.0 Å². The molecule has 1 spiro atoms. The van der Waals surface area contributed by atoms with Crippen LogP contribution in [0.3, 0.4) is 0 Å². The van der Waals surface area contributed by atoms with Gasteiger partial charge in [-0.05, 0) is 117 Å². The van der Waals surface area contributed by atoms with Crippen LogP contribution in [0.4, 0.5) is 18.0 Å². The highest BCUT2D eigenvalue weighted by Crippen LogP contribution is 2.41. The number of rotatable bonds is 4. The van der Waals surface area contributed by atoms with Crippen molar-refractivity contribution < 1.29 is 37.0 Å². The van der Waals surface area contributed by atoms with Gasteiger partial charge >= 0.3 is 18.2 Å². The molecule has 0 radical (unpaired) electrons. The zero-order valence-electron chi connectivity index (χ0n) is 26.3. The Bertz CT molecular complexity index is 1190. The van der Waals surface area contributed by atoms with Crippen molar-refractivity contribution in [3.05, 3.63) is 34.9 Å². The van der Waals surface area contributed by atoms with E-state index in [0.29, 0.717) is 64.0 Å². The summed E-state index contributed by atoms with van der Waals surface area (Å²) in [6.45, 7) is 13.5. The Morgan fingerprint density at radius 1 is 0.860 bits per heavy atom. The molecule has 11 heteroatoms. The third-order valence-electron chi connectivity index (χ3n) is 8.57. The summed E-state index contributed by atoms with van der Waals surface area (Å²) in [6.07, 6.45) is -1.07. The van der Waals surface area contributed by atoms with Crippen molar-refractivity contribution in [2.24, 2.45) is 5.92 Å². The van der Waals surface area contributed by atoms with Gasteiger partial charge in [-0.25, -0.2) is 4.79 Å². The molecule has 0 atom stereocenters. The summed E-state index contributed by atoms with van der Waals surface area (Å²) >= 11 is 0. The van der Waals surface area contributed by atoms with Crippen LogP contribution in [0.25, 0.3) is 0 Å². The van der Waals surface area contributed by atoms with E-state index >= 15 is 0 Å². The molecule has 3 aliphatic heterocycles. The van der Waals surface area contributed by atoms with E-state index in [9.17, 15) is 27.6 Å². The van der Waals surface area contributed by atoms with Crippen LogP contribution in [0.5, 0.6) is 0 Å². The predicted molar refractivity (Wildman–Crippen MR) is 155 cm³/mol. The zero-order chi connectivity index (χ0) is 31.8. The number of nitrogens with zero attached hydrogens (tertiary/aromatic N) is 3. The first kappa shape index (κ1) is 33.1. The van der Waals surface area contributed by atoms with Gasteiger partial charge in [0.1, 0.15) is 11.2 Å². The Hall–Kier alpha value is -2.82. The van der Waals surface area contributed by atoms with Crippen molar-refractivity contribution in [1.29, 1.82) is 0 Å². The highest BCUT2D eigenvalue weighted by molar-refractivity contribution is 5.96. The molecule has 43 heavy (non-hydrogen) atoms. The predicted octanol–water partition coefficient (Wildman–Crippen LogP) is 6.26. The monoisotopic (exact) mass is 609 g/mol. The second-order valence-electron chi connectivity index (χ2n) is 14.2. The lowest BCUT2D eigenvalue weighted by Crippen LogP contribution is -2.55. The maximum absolute atomic E-state index is 14.1. The number of esters is 1. The van der Waals surface area contributed by atoms with Crippen molar-refractivity contribution in [1.82, 2.24) is 14.7 Å². The second-order valence-corrected chi connectivity index (χ2v) is 14.2. The van der Waals surface area contributed by atoms with E-state index in [1.165, 1.54) is 6.07 Å². The van der Waals surface area contributed by atoms with Gasteiger partial charge in [0.25, 0.3) is 5.91 Å². The summed E-state index contributed by atoms with van der Waals surface area (Å²) in [4.78, 5) is 44.8. The lowest BCUT2D eigenvalue weighted by atomic mass is 9.84. The Balaban J connectivity index is 1.49. The smallest absolute Gasteiger partial charge is 0.416 e. The summed E-state index contributed by atoms with van der Waals surface area (Å²) in [5, 5.41) is 0. The van der Waals surface area contributed by atoms with Gasteiger partial charge < -0.3 is 19.3 Å². The molecule has 3 aliphatic rings. The van der Waals surface area contributed by atoms with Crippen LogP contribution in [0.2, 0.25) is 0 Å². The van der Waals surface area contributed by atoms with E-state index < -0.39 is 28.5 Å². The number of halogens is 3. The van der Waals surface area contributed by atoms with E-state index in [4.69, 9.17) is 9.47 Å². The van der Waals surface area contributed by atoms with Crippen LogP contribution in [0.15, 0.2) is 18.2 Å². The van der Waals surface area contributed by atoms with E-state index in [1.54, 1.807) is 4.90 Å². The molecule has 240 valence electrons. The van der Waals surface area contributed by atoms with Crippen LogP contribution >= 0.6 is 0 Å². The van der Waals surface area contributed by atoms with Crippen molar-refractivity contribution in [2.45, 2.75) is 110 Å². The summed E-state index contributed by atoms with van der Waals surface area (Å²) in [5.41, 5.74) is -1.81. The number of ether oxygens (including phenoxy) is 2. The minimum absolute atomic E-state index is 0.180. The minimum atomic E-state index is -4.54. The quantitative estimate of drug-likeness (QED) is 0.375. The maximum atomic E-state index is 14.1. The molecular weight excluding hydrogens is 563 g/mol. The van der Waals surface area contributed by atoms with Gasteiger partial charge in [-0.3, -0.25) is 14.5 Å². The molecule has 2 amide bonds. The third-order valence-corrected chi connectivity index (χ3v) is 8.57. The van der Waals surface area contributed by atoms with Crippen molar-refractivity contribution in [3.63, 3.8) is 0 Å². The van der Waals surface area contributed by atoms with Crippen LogP contribution in [-0.2, 0) is 27.0 Å². The van der Waals surface area contributed by atoms with E-state index in [2.05, 4.69) is 0 Å². The summed E-state index contributed by atoms with van der Waals surface area (Å²) < 4.78 is 52.3. The molecule has 4 rings (SSSR count). The Kier molecular flexibility index (Phi) is 9.45. The lowest BCUT2D eigenvalue weighted by molar-refractivity contribution is -0.161. The maximum Gasteiger partial charge on any atom is 0.416 e. The first-order valence-electron chi connectivity index (χ1n) is 15.3. The number of likely N-dealkylation sites (tertiary alicyclic amines) is 3. The topological polar surface area (TPSA) is 79.4 Å². The van der Waals surface area contributed by atoms with Crippen molar-refractivity contribution >= 4 is 18.0 Å². The Morgan fingerprint density at radius 2 is 1.47 bits per heavy atom. The van der Waals surface area contributed by atoms with Gasteiger partial charge in [-0.2, -0.15) is 13.2 Å². The van der Waals surface area contributed by atoms with Crippen molar-refractivity contribution in [2.75, 3.05) is 32.7 Å². The molecule has 1 aromatic rings. The highest BCUT2D eigenvalue weighted by atomic mass is 19.4. The van der Waals surface area contributed by atoms with Gasteiger partial charge in [-0.15, -0.1) is 0 Å². The molecule has 0 aromatic heterocycles. The molecule has 0 N–H and O–H groups in total. The molecule has 3 fully saturated rings. The second kappa shape index (κ2) is 12.3. The largest absolute Gasteiger partial charge is 0.460 e. The van der Waals surface area contributed by atoms with E-state index in [0.717, 1.165) is 25.0 Å². The molecule has 3 heterocycles. The first-order chi connectivity index (χ1) is 19.9. The van der Waals surface area contributed by atoms with Crippen LogP contribution in [-0.4, -0.2) is 82.1 Å². The number of hydrogen-bond donors (Lipinski definition) is 0. The fourth-order valence-electron chi connectivity index (χ4n) is 6.41. The molecule has 0 saturated carbocycles. The standard InChI is InChI=1S/C32H46F3N3O5/c1-29(2,3)42-27(40)22-10-16-36(17-11-22)21-23-20-24(32(33,34)35)8-9-25(23)26(39)38-15-7-12-31(38)13-18-37(19-14-31)28(41)43-30(4,5)6/h8-9,20,22H,7,10-19,21H2,1-6H3. The summed E-state index contributed by atoms with van der Waals surface area (Å²) in [6, 6.07) is 3.40. The number of amides is 2. The molecule has 0 aliphatic carbocycles. The van der Waals surface area contributed by atoms with Gasteiger partial charge in [0.2, 0.25) is 0 Å². The van der Waals surface area contributed by atoms with Crippen molar-refractivity contribution in [3.8, 4) is 0 Å².